The summed E-state index contributed by atoms with van der Waals surface area (Å²) < 4.78 is 1.57. The number of rotatable bonds is 3. The van der Waals surface area contributed by atoms with Crippen molar-refractivity contribution in [3.8, 4) is 17.1 Å². The molecule has 1 fully saturated rings. The van der Waals surface area contributed by atoms with E-state index >= 15 is 0 Å². The molecule has 0 spiro atoms. The molecule has 1 saturated carbocycles. The van der Waals surface area contributed by atoms with E-state index < -0.39 is 5.91 Å². The first kappa shape index (κ1) is 17.2. The number of aromatic nitrogens is 4. The second-order valence-electron chi connectivity index (χ2n) is 6.88. The molecule has 9 nitrogen and oxygen atoms in total. The summed E-state index contributed by atoms with van der Waals surface area (Å²) in [5, 5.41) is 9.73. The highest BCUT2D eigenvalue weighted by Gasteiger charge is 2.26. The van der Waals surface area contributed by atoms with Gasteiger partial charge in [-0.3, -0.25) is 9.36 Å². The molecule has 0 unspecified atom stereocenters. The summed E-state index contributed by atoms with van der Waals surface area (Å²) >= 11 is 0. The second-order valence-corrected chi connectivity index (χ2v) is 6.88. The average molecular weight is 368 g/mol. The third-order valence-corrected chi connectivity index (χ3v) is 5.01. The number of nitrogens with zero attached hydrogens (tertiary/aromatic N) is 3. The monoisotopic (exact) mass is 368 g/mol. The molecule has 0 saturated heterocycles. The van der Waals surface area contributed by atoms with Crippen LogP contribution in [0.3, 0.4) is 0 Å². The van der Waals surface area contributed by atoms with Crippen molar-refractivity contribution in [2.45, 2.75) is 37.8 Å². The first-order valence-corrected chi connectivity index (χ1v) is 8.81. The number of amides is 1. The number of aromatic hydroxyl groups is 1. The summed E-state index contributed by atoms with van der Waals surface area (Å²) in [6.07, 6.45) is 3.14. The van der Waals surface area contributed by atoms with E-state index in [0.717, 1.165) is 25.7 Å². The SMILES string of the molecule is NC(=O)c1nc(-c2cccc(O)c2)nc2c1[nH]c(=O)n2[C@H]1CC[C@H](N)CC1. The molecule has 2 aromatic heterocycles. The molecule has 0 aliphatic heterocycles. The van der Waals surface area contributed by atoms with E-state index in [2.05, 4.69) is 15.0 Å². The predicted molar refractivity (Wildman–Crippen MR) is 99.2 cm³/mol. The van der Waals surface area contributed by atoms with Gasteiger partial charge in [0.05, 0.1) is 0 Å². The number of imidazole rings is 1. The minimum absolute atomic E-state index is 0.0459. The fourth-order valence-electron chi connectivity index (χ4n) is 3.65. The number of primary amides is 1. The molecule has 3 aromatic rings. The van der Waals surface area contributed by atoms with Crippen LogP contribution in [0.5, 0.6) is 5.75 Å². The normalized spacial score (nSPS) is 20.0. The lowest BCUT2D eigenvalue weighted by atomic mass is 9.92. The number of aromatic amines is 1. The van der Waals surface area contributed by atoms with E-state index in [1.54, 1.807) is 16.7 Å². The lowest BCUT2D eigenvalue weighted by Gasteiger charge is -2.26. The Balaban J connectivity index is 1.93. The zero-order valence-electron chi connectivity index (χ0n) is 14.6. The van der Waals surface area contributed by atoms with Gasteiger partial charge < -0.3 is 21.6 Å². The first-order valence-electron chi connectivity index (χ1n) is 8.81. The van der Waals surface area contributed by atoms with Crippen LogP contribution in [0.15, 0.2) is 29.1 Å². The van der Waals surface area contributed by atoms with Crippen LogP contribution < -0.4 is 17.2 Å². The maximum Gasteiger partial charge on any atom is 0.327 e. The molecule has 27 heavy (non-hydrogen) atoms. The quantitative estimate of drug-likeness (QED) is 0.542. The summed E-state index contributed by atoms with van der Waals surface area (Å²) in [5.41, 5.74) is 12.1. The summed E-state index contributed by atoms with van der Waals surface area (Å²) in [4.78, 5) is 36.0. The molecule has 2 heterocycles. The van der Waals surface area contributed by atoms with Gasteiger partial charge in [0.25, 0.3) is 5.91 Å². The number of hydrogen-bond acceptors (Lipinski definition) is 6. The maximum atomic E-state index is 12.6. The lowest BCUT2D eigenvalue weighted by molar-refractivity contribution is 0.0997. The summed E-state index contributed by atoms with van der Waals surface area (Å²) in [6, 6.07) is 6.45. The van der Waals surface area contributed by atoms with Crippen molar-refractivity contribution in [2.75, 3.05) is 0 Å². The lowest BCUT2D eigenvalue weighted by Crippen LogP contribution is -2.31. The standard InChI is InChI=1S/C18H20N6O3/c19-10-4-6-11(7-5-10)24-17-14(22-18(24)27)13(15(20)26)21-16(23-17)9-2-1-3-12(25)8-9/h1-3,8,10-11,25H,4-7,19H2,(H2,20,26)(H,22,27)/t10-,11-. The predicted octanol–water partition coefficient (Wildman–Crippen LogP) is 1.03. The van der Waals surface area contributed by atoms with Gasteiger partial charge in [-0.05, 0) is 37.8 Å². The Hall–Kier alpha value is -3.20. The van der Waals surface area contributed by atoms with Gasteiger partial charge in [0, 0.05) is 17.6 Å². The van der Waals surface area contributed by atoms with Crippen LogP contribution in [-0.2, 0) is 0 Å². The largest absolute Gasteiger partial charge is 0.508 e. The van der Waals surface area contributed by atoms with Gasteiger partial charge in [0.2, 0.25) is 0 Å². The molecule has 1 aromatic carbocycles. The van der Waals surface area contributed by atoms with Crippen LogP contribution in [0.2, 0.25) is 0 Å². The zero-order valence-corrected chi connectivity index (χ0v) is 14.6. The molecule has 1 aliphatic carbocycles. The highest BCUT2D eigenvalue weighted by atomic mass is 16.3. The van der Waals surface area contributed by atoms with Gasteiger partial charge in [-0.2, -0.15) is 0 Å². The van der Waals surface area contributed by atoms with Crippen LogP contribution in [0.1, 0.15) is 42.2 Å². The fourth-order valence-corrected chi connectivity index (χ4v) is 3.65. The summed E-state index contributed by atoms with van der Waals surface area (Å²) in [6.45, 7) is 0. The number of phenols is 1. The van der Waals surface area contributed by atoms with E-state index in [9.17, 15) is 14.7 Å². The number of H-pyrrole nitrogens is 1. The van der Waals surface area contributed by atoms with Gasteiger partial charge >= 0.3 is 5.69 Å². The van der Waals surface area contributed by atoms with E-state index in [0.29, 0.717) is 11.2 Å². The maximum absolute atomic E-state index is 12.6. The number of hydrogen-bond donors (Lipinski definition) is 4. The molecule has 0 atom stereocenters. The smallest absolute Gasteiger partial charge is 0.327 e. The Morgan fingerprint density at radius 1 is 1.22 bits per heavy atom. The number of carbonyl (C=O) groups excluding carboxylic acids is 1. The highest BCUT2D eigenvalue weighted by molar-refractivity contribution is 6.01. The van der Waals surface area contributed by atoms with Gasteiger partial charge in [-0.25, -0.2) is 14.8 Å². The average Bonchev–Trinajstić information content (AvgIpc) is 2.97. The number of benzene rings is 1. The van der Waals surface area contributed by atoms with Crippen molar-refractivity contribution in [1.29, 1.82) is 0 Å². The Morgan fingerprint density at radius 2 is 1.96 bits per heavy atom. The summed E-state index contributed by atoms with van der Waals surface area (Å²) in [5.74, 6) is -0.500. The first-order chi connectivity index (χ1) is 12.9. The van der Waals surface area contributed by atoms with Crippen molar-refractivity contribution in [3.63, 3.8) is 0 Å². The van der Waals surface area contributed by atoms with Crippen molar-refractivity contribution >= 4 is 17.1 Å². The third kappa shape index (κ3) is 3.06. The minimum Gasteiger partial charge on any atom is -0.508 e. The molecular weight excluding hydrogens is 348 g/mol. The second kappa shape index (κ2) is 6.51. The molecule has 6 N–H and O–H groups in total. The Kier molecular flexibility index (Phi) is 4.15. The van der Waals surface area contributed by atoms with Crippen LogP contribution in [0.25, 0.3) is 22.6 Å². The molecule has 9 heteroatoms. The molecule has 4 rings (SSSR count). The van der Waals surface area contributed by atoms with E-state index in [1.165, 1.54) is 12.1 Å². The van der Waals surface area contributed by atoms with Gasteiger partial charge in [-0.1, -0.05) is 12.1 Å². The number of nitrogens with one attached hydrogen (secondary N) is 1. The highest BCUT2D eigenvalue weighted by Crippen LogP contribution is 2.30. The van der Waals surface area contributed by atoms with Crippen LogP contribution in [0.4, 0.5) is 0 Å². The third-order valence-electron chi connectivity index (χ3n) is 5.01. The Bertz CT molecular complexity index is 1080. The van der Waals surface area contributed by atoms with E-state index in [-0.39, 0.29) is 40.6 Å². The molecule has 0 bridgehead atoms. The van der Waals surface area contributed by atoms with Crippen LogP contribution in [-0.4, -0.2) is 36.6 Å². The fraction of sp³-hybridized carbons (Fsp3) is 0.333. The van der Waals surface area contributed by atoms with Crippen LogP contribution in [0, 0.1) is 0 Å². The van der Waals surface area contributed by atoms with Crippen molar-refractivity contribution in [1.82, 2.24) is 19.5 Å². The summed E-state index contributed by atoms with van der Waals surface area (Å²) in [7, 11) is 0. The van der Waals surface area contributed by atoms with Crippen molar-refractivity contribution in [2.24, 2.45) is 11.5 Å². The number of carbonyl (C=O) groups is 1. The Morgan fingerprint density at radius 3 is 2.63 bits per heavy atom. The number of nitrogens with two attached hydrogens (primary N) is 2. The topological polar surface area (TPSA) is 153 Å². The molecule has 1 amide bonds. The van der Waals surface area contributed by atoms with Crippen molar-refractivity contribution < 1.29 is 9.90 Å². The molecule has 0 radical (unpaired) electrons. The van der Waals surface area contributed by atoms with Crippen molar-refractivity contribution in [3.05, 3.63) is 40.4 Å². The van der Waals surface area contributed by atoms with E-state index in [1.807, 2.05) is 0 Å². The van der Waals surface area contributed by atoms with Gasteiger partial charge in [0.1, 0.15) is 11.3 Å². The minimum atomic E-state index is -0.761. The molecular formula is C18H20N6O3. The molecule has 140 valence electrons. The number of fused-ring (bicyclic) bond motifs is 1. The van der Waals surface area contributed by atoms with Gasteiger partial charge in [0.15, 0.2) is 17.2 Å². The van der Waals surface area contributed by atoms with Crippen LogP contribution >= 0.6 is 0 Å². The number of phenolic OH excluding ortho intramolecular Hbond substituents is 1. The van der Waals surface area contributed by atoms with E-state index in [4.69, 9.17) is 11.5 Å². The molecule has 1 aliphatic rings. The zero-order chi connectivity index (χ0) is 19.1. The van der Waals surface area contributed by atoms with Gasteiger partial charge in [-0.15, -0.1) is 0 Å². The Labute approximate surface area is 154 Å².